The Balaban J connectivity index is 1.73. The average Bonchev–Trinajstić information content (AvgIpc) is 3.53. The first-order valence-electron chi connectivity index (χ1n) is 20.3. The number of fused-ring (bicyclic) bond motifs is 2. The number of carboxylic acid groups (broad SMARTS) is 2. The van der Waals surface area contributed by atoms with Crippen molar-refractivity contribution in [2.24, 2.45) is 0 Å². The van der Waals surface area contributed by atoms with Gasteiger partial charge in [0.15, 0.2) is 23.2 Å². The summed E-state index contributed by atoms with van der Waals surface area (Å²) in [6, 6.07) is 2.94. The maximum Gasteiger partial charge on any atom is 0.303 e. The fourth-order valence-electron chi connectivity index (χ4n) is 8.45. The van der Waals surface area contributed by atoms with Crippen LogP contribution in [0, 0.1) is 28.2 Å². The van der Waals surface area contributed by atoms with Gasteiger partial charge >= 0.3 is 11.9 Å². The van der Waals surface area contributed by atoms with Gasteiger partial charge in [0.05, 0.1) is 28.2 Å². The lowest BCUT2D eigenvalue weighted by Gasteiger charge is -2.30. The Labute approximate surface area is 407 Å². The molecule has 4 N–H and O–H groups in total. The topological polar surface area (TPSA) is 190 Å². The highest BCUT2D eigenvalue weighted by Crippen LogP contribution is 2.53. The second-order valence-electron chi connectivity index (χ2n) is 16.0. The first-order valence-corrected chi connectivity index (χ1v) is 26.7. The smallest absolute Gasteiger partial charge is 0.303 e. The Morgan fingerprint density at radius 3 is 1.86 bits per heavy atom. The number of rotatable bonds is 24. The Morgan fingerprint density at radius 2 is 1.27 bits per heavy atom. The first-order chi connectivity index (χ1) is 29.4. The van der Waals surface area contributed by atoms with Crippen LogP contribution in [0.4, 0.5) is 24.5 Å². The van der Waals surface area contributed by atoms with Gasteiger partial charge in [-0.05, 0) is 120 Å². The molecule has 20 heteroatoms. The van der Waals surface area contributed by atoms with Crippen LogP contribution in [-0.4, -0.2) is 83.0 Å². The largest absolute Gasteiger partial charge is 0.481 e. The van der Waals surface area contributed by atoms with E-state index in [2.05, 4.69) is 85.3 Å². The average molecular weight is 1260 g/mol. The number of halogens is 6. The van der Waals surface area contributed by atoms with Gasteiger partial charge in [0, 0.05) is 71.4 Å². The summed E-state index contributed by atoms with van der Waals surface area (Å²) in [4.78, 5) is 23.8. The number of carboxylic acids is 2. The molecule has 2 unspecified atom stereocenters. The van der Waals surface area contributed by atoms with Gasteiger partial charge in [0.1, 0.15) is 6.54 Å². The van der Waals surface area contributed by atoms with Crippen molar-refractivity contribution in [3.63, 3.8) is 0 Å². The maximum atomic E-state index is 15.8. The Kier molecular flexibility index (Phi) is 19.3. The van der Waals surface area contributed by atoms with E-state index in [4.69, 9.17) is 5.11 Å². The summed E-state index contributed by atoms with van der Waals surface area (Å²) in [5.74, 6) is -7.32. The van der Waals surface area contributed by atoms with E-state index in [1.54, 1.807) is 37.3 Å². The van der Waals surface area contributed by atoms with E-state index in [0.717, 1.165) is 40.2 Å². The van der Waals surface area contributed by atoms with Gasteiger partial charge in [0.25, 0.3) is 20.2 Å². The molecule has 0 amide bonds. The van der Waals surface area contributed by atoms with E-state index >= 15 is 4.39 Å². The fraction of sp³-hybridized carbons (Fsp3) is 0.465. The lowest BCUT2D eigenvalue weighted by atomic mass is 9.75. The molecule has 0 aliphatic carbocycles. The van der Waals surface area contributed by atoms with E-state index < -0.39 is 72.0 Å². The minimum atomic E-state index is -4.37. The van der Waals surface area contributed by atoms with Crippen molar-refractivity contribution in [1.29, 1.82) is 0 Å². The maximum absolute atomic E-state index is 15.8. The number of nitrogens with zero attached hydrogens (tertiary/aromatic N) is 2. The van der Waals surface area contributed by atoms with Crippen LogP contribution >= 0.6 is 67.8 Å². The van der Waals surface area contributed by atoms with Gasteiger partial charge in [-0.3, -0.25) is 18.7 Å². The molecular formula is C43H51F3I3N2O10S2+. The zero-order valence-corrected chi connectivity index (χ0v) is 42.8. The van der Waals surface area contributed by atoms with Crippen molar-refractivity contribution in [3.8, 4) is 0 Å². The van der Waals surface area contributed by atoms with Crippen molar-refractivity contribution in [1.82, 2.24) is 0 Å². The van der Waals surface area contributed by atoms with E-state index in [1.165, 1.54) is 4.90 Å². The van der Waals surface area contributed by atoms with Crippen molar-refractivity contribution >= 4 is 117 Å². The number of benzene rings is 2. The second kappa shape index (κ2) is 22.9. The van der Waals surface area contributed by atoms with Crippen LogP contribution in [0.5, 0.6) is 0 Å². The lowest BCUT2D eigenvalue weighted by Crippen LogP contribution is -2.32. The quantitative estimate of drug-likeness (QED) is 0.0196. The summed E-state index contributed by atoms with van der Waals surface area (Å²) < 4.78 is 116. The second-order valence-corrected chi connectivity index (χ2v) is 22.4. The molecular weight excluding hydrogens is 1210 g/mol. The molecule has 0 saturated heterocycles. The van der Waals surface area contributed by atoms with Gasteiger partial charge in [-0.25, -0.2) is 13.2 Å². The van der Waals surface area contributed by atoms with Crippen molar-refractivity contribution in [3.05, 3.63) is 99.7 Å². The third-order valence-electron chi connectivity index (χ3n) is 11.3. The standard InChI is InChI=1S/C43H50F3I3N2O10S2/c1-42(20-12-6-10-18-34(52)53)32(50(22-14-24-62(56,57)58)30-26-28(44)38(45)39(46)36(30)42)16-8-4-3-5-9-17-33-43(2,21-13-7-11-19-35(54)55)37-31(27-29(47)40(48)41(37)49)51(33)23-15-25-63(59,60)61/h3-5,8-9,16-17,26-27H,6-7,10-15,18-25H2,1-2H3,(H3-,52,53,54,55,56,57,58,59,60,61)/p+1. The molecule has 346 valence electrons. The Hall–Kier alpha value is -2.39. The summed E-state index contributed by atoms with van der Waals surface area (Å²) in [5.41, 5.74) is 1.44. The van der Waals surface area contributed by atoms with Crippen molar-refractivity contribution in [2.75, 3.05) is 29.5 Å². The molecule has 2 aliphatic rings. The Bertz CT molecular complexity index is 2460. The van der Waals surface area contributed by atoms with Gasteiger partial charge in [-0.1, -0.05) is 56.1 Å². The van der Waals surface area contributed by atoms with Gasteiger partial charge in [-0.15, -0.1) is 0 Å². The molecule has 0 saturated carbocycles. The minimum Gasteiger partial charge on any atom is -0.481 e. The van der Waals surface area contributed by atoms with Crippen LogP contribution in [0.3, 0.4) is 0 Å². The van der Waals surface area contributed by atoms with E-state index in [9.17, 15) is 49.4 Å². The molecule has 2 aromatic rings. The molecule has 0 spiro atoms. The summed E-state index contributed by atoms with van der Waals surface area (Å²) in [5, 5.41) is 18.3. The molecule has 0 fully saturated rings. The molecule has 2 aliphatic heterocycles. The molecule has 2 aromatic carbocycles. The van der Waals surface area contributed by atoms with Crippen LogP contribution in [0.2, 0.25) is 0 Å². The highest BCUT2D eigenvalue weighted by atomic mass is 127. The number of hydrogen-bond donors (Lipinski definition) is 4. The van der Waals surface area contributed by atoms with Crippen molar-refractivity contribution < 1.29 is 63.5 Å². The number of unbranched alkanes of at least 4 members (excludes halogenated alkanes) is 4. The summed E-state index contributed by atoms with van der Waals surface area (Å²) >= 11 is 6.92. The lowest BCUT2D eigenvalue weighted by molar-refractivity contribution is -0.437. The molecule has 0 bridgehead atoms. The Morgan fingerprint density at radius 1 is 0.714 bits per heavy atom. The molecule has 0 aromatic heterocycles. The molecule has 63 heavy (non-hydrogen) atoms. The molecule has 2 heterocycles. The minimum absolute atomic E-state index is 0.0209. The fourth-order valence-corrected chi connectivity index (χ4v) is 12.1. The predicted octanol–water partition coefficient (Wildman–Crippen LogP) is 10.2. The normalized spacial score (nSPS) is 19.7. The molecule has 12 nitrogen and oxygen atoms in total. The van der Waals surface area contributed by atoms with Crippen LogP contribution in [0.15, 0.2) is 60.4 Å². The van der Waals surface area contributed by atoms with Crippen LogP contribution in [-0.2, 0) is 40.7 Å². The highest BCUT2D eigenvalue weighted by Gasteiger charge is 2.50. The third kappa shape index (κ3) is 13.8. The number of allylic oxidation sites excluding steroid dienone is 8. The predicted molar refractivity (Wildman–Crippen MR) is 262 cm³/mol. The number of carbonyl (C=O) groups is 2. The van der Waals surface area contributed by atoms with E-state index in [-0.39, 0.29) is 49.9 Å². The molecule has 0 radical (unpaired) electrons. The van der Waals surface area contributed by atoms with E-state index in [0.29, 0.717) is 50.8 Å². The SMILES string of the molecule is CC1(CCCCCC(=O)O)C(=CC=CC=CC=CC2=[N+](CCCS(=O)(=O)O)c3cc(I)c(I)c(I)c3C2(C)CCCCCC(=O)O)N(CCCS(=O)(=O)O)c2cc(F)c(F)c(F)c21. The van der Waals surface area contributed by atoms with Crippen molar-refractivity contribution in [2.45, 2.75) is 102 Å². The van der Waals surface area contributed by atoms with Crippen LogP contribution < -0.4 is 4.90 Å². The molecule has 2 atom stereocenters. The number of aliphatic carboxylic acids is 2. The molecule has 4 rings (SSSR count). The monoisotopic (exact) mass is 1260 g/mol. The van der Waals surface area contributed by atoms with E-state index in [1.807, 2.05) is 12.2 Å². The van der Waals surface area contributed by atoms with Crippen LogP contribution in [0.25, 0.3) is 0 Å². The van der Waals surface area contributed by atoms with Gasteiger partial charge in [-0.2, -0.15) is 21.4 Å². The van der Waals surface area contributed by atoms with Gasteiger partial charge < -0.3 is 15.1 Å². The number of anilines is 1. The zero-order valence-electron chi connectivity index (χ0n) is 34.7. The van der Waals surface area contributed by atoms with Crippen LogP contribution in [0.1, 0.15) is 102 Å². The highest BCUT2D eigenvalue weighted by molar-refractivity contribution is 14.1. The number of hydrogen-bond acceptors (Lipinski definition) is 7. The summed E-state index contributed by atoms with van der Waals surface area (Å²) in [6.45, 7) is 4.01. The third-order valence-corrected chi connectivity index (χ3v) is 18.1. The summed E-state index contributed by atoms with van der Waals surface area (Å²) in [6.07, 6.45) is 16.4. The first kappa shape index (κ1) is 53.2. The zero-order chi connectivity index (χ0) is 46.9. The van der Waals surface area contributed by atoms with Gasteiger partial charge in [0.2, 0.25) is 5.69 Å². The summed E-state index contributed by atoms with van der Waals surface area (Å²) in [7, 11) is -8.59.